The largest absolute Gasteiger partial charge is 0.480 e. The molecule has 0 spiro atoms. The van der Waals surface area contributed by atoms with Crippen molar-refractivity contribution >= 4 is 99.6 Å². The number of aliphatic hydroxyl groups is 2. The number of rotatable bonds is 42. The summed E-state index contributed by atoms with van der Waals surface area (Å²) in [6.45, 7) is -0.938. The van der Waals surface area contributed by atoms with Crippen molar-refractivity contribution in [1.82, 2.24) is 52.3 Å². The number of likely N-dealkylation sites (tertiary alicyclic amines) is 2. The number of nitrogens with two attached hydrogens (primary N) is 7. The van der Waals surface area contributed by atoms with Crippen LogP contribution in [0.4, 0.5) is 0 Å². The van der Waals surface area contributed by atoms with Crippen LogP contribution in [0.3, 0.4) is 0 Å². The molecule has 0 bridgehead atoms. The van der Waals surface area contributed by atoms with Crippen LogP contribution in [0.15, 0.2) is 75.3 Å². The van der Waals surface area contributed by atoms with Gasteiger partial charge in [-0.2, -0.15) is 0 Å². The highest BCUT2D eigenvalue weighted by atomic mass is 32.1. The van der Waals surface area contributed by atoms with Crippen LogP contribution in [0.25, 0.3) is 0 Å². The van der Waals surface area contributed by atoms with Gasteiger partial charge in [0.2, 0.25) is 59.1 Å². The Kier molecular flexibility index (Phi) is 33.5. The number of carbonyl (C=O) groups is 11. The first-order chi connectivity index (χ1) is 46.4. The van der Waals surface area contributed by atoms with Crippen molar-refractivity contribution in [1.29, 1.82) is 0 Å². The molecule has 0 aliphatic carbocycles. The van der Waals surface area contributed by atoms with Crippen LogP contribution in [0, 0.1) is 0 Å². The summed E-state index contributed by atoms with van der Waals surface area (Å²) in [5, 5.41) is 56.2. The van der Waals surface area contributed by atoms with E-state index in [9.17, 15) is 68.1 Å². The molecule has 534 valence electrons. The van der Waals surface area contributed by atoms with Gasteiger partial charge in [-0.3, -0.25) is 57.9 Å². The number of guanidine groups is 2. The Morgan fingerprint density at radius 2 is 1.04 bits per heavy atom. The standard InChI is InChI=1S/C62H95N19O14S2/c63-23-6-4-17-39(65)51(85)74-40(18-5-7-24-64)52(86)75-41(19-8-25-70-61(66)67)58(92)81-28-22-48(83)50(81)59(93)80-27-10-21-47(80)57(91)72-34-49(84)73-44(32-37-15-11-29-96-37)54(88)79-46(35-82)56(90)77-43(31-36-13-2-1-3-14-36)53(87)78-45(33-38-16-12-30-97-38)55(89)76-42(60(94)95)20-9-26-71-62(68)69/h1-3,11-16,29-30,39-48,50,82-83H,4-10,17-28,31-35,63-65H2,(H,72,91)(H,73,84)(H,74,85)(H,75,86)(H,76,89)(H,77,90)(H,78,87)(H,79,88)(H,94,95)(H4,66,67,70)(H4,68,69,71)/t39-,40-,41-,42-,43+,44-,45-,46-,47-,48-,50-/m0/s1. The number of thiophene rings is 2. The minimum atomic E-state index is -1.73. The van der Waals surface area contributed by atoms with Crippen LogP contribution >= 0.6 is 22.7 Å². The lowest BCUT2D eigenvalue weighted by molar-refractivity contribution is -0.150. The third kappa shape index (κ3) is 26.2. The van der Waals surface area contributed by atoms with Crippen molar-refractivity contribution in [3.8, 4) is 0 Å². The quantitative estimate of drug-likeness (QED) is 0.0144. The summed E-state index contributed by atoms with van der Waals surface area (Å²) in [4.78, 5) is 165. The van der Waals surface area contributed by atoms with Gasteiger partial charge in [0, 0.05) is 55.2 Å². The van der Waals surface area contributed by atoms with Crippen LogP contribution in [0.1, 0.15) is 98.8 Å². The van der Waals surface area contributed by atoms with Gasteiger partial charge in [0.15, 0.2) is 11.9 Å². The molecule has 0 saturated carbocycles. The number of hydrogen-bond acceptors (Lipinski definition) is 20. The summed E-state index contributed by atoms with van der Waals surface area (Å²) in [5.41, 5.74) is 39.9. The number of amides is 10. The Balaban J connectivity index is 1.27. The number of benzene rings is 1. The Bertz CT molecular complexity index is 3120. The number of nitrogens with zero attached hydrogens (tertiary/aromatic N) is 4. The molecule has 5 rings (SSSR count). The molecule has 2 fully saturated rings. The van der Waals surface area contributed by atoms with Crippen molar-refractivity contribution in [2.45, 2.75) is 169 Å². The summed E-state index contributed by atoms with van der Waals surface area (Å²) in [6.07, 6.45) is 1.57. The lowest BCUT2D eigenvalue weighted by atomic mass is 10.0. The van der Waals surface area contributed by atoms with Crippen LogP contribution in [-0.4, -0.2) is 221 Å². The molecule has 10 amide bonds. The summed E-state index contributed by atoms with van der Waals surface area (Å²) in [6, 6.07) is 1.84. The number of nitrogens with one attached hydrogen (secondary N) is 8. The fourth-order valence-electron chi connectivity index (χ4n) is 11.0. The summed E-state index contributed by atoms with van der Waals surface area (Å²) in [7, 11) is 0. The molecule has 2 saturated heterocycles. The van der Waals surface area contributed by atoms with Crippen LogP contribution in [-0.2, 0) is 72.0 Å². The lowest BCUT2D eigenvalue weighted by Gasteiger charge is -2.34. The summed E-state index contributed by atoms with van der Waals surface area (Å²) in [5.74, 6) is -9.92. The first-order valence-corrected chi connectivity index (χ1v) is 34.1. The molecule has 35 heteroatoms. The van der Waals surface area contributed by atoms with Gasteiger partial charge >= 0.3 is 5.97 Å². The Morgan fingerprint density at radius 3 is 1.59 bits per heavy atom. The number of carbonyl (C=O) groups excluding carboxylic acids is 10. The van der Waals surface area contributed by atoms with Crippen molar-refractivity contribution < 1.29 is 68.1 Å². The van der Waals surface area contributed by atoms with E-state index in [2.05, 4.69) is 52.5 Å². The second-order valence-corrected chi connectivity index (χ2v) is 25.6. The number of carboxylic acid groups (broad SMARTS) is 1. The van der Waals surface area contributed by atoms with Gasteiger partial charge in [-0.1, -0.05) is 48.9 Å². The number of carboxylic acids is 1. The highest BCUT2D eigenvalue weighted by molar-refractivity contribution is 7.10. The molecule has 0 unspecified atom stereocenters. The van der Waals surface area contributed by atoms with Crippen LogP contribution in [0.2, 0.25) is 0 Å². The average molecular weight is 1390 g/mol. The minimum Gasteiger partial charge on any atom is -0.480 e. The molecule has 0 radical (unpaired) electrons. The second kappa shape index (κ2) is 41.3. The lowest BCUT2D eigenvalue weighted by Crippen LogP contribution is -2.60. The molecular weight excluding hydrogens is 1300 g/mol. The molecule has 4 heterocycles. The van der Waals surface area contributed by atoms with E-state index in [4.69, 9.17) is 40.1 Å². The maximum absolute atomic E-state index is 14.7. The Labute approximate surface area is 570 Å². The first kappa shape index (κ1) is 78.8. The molecule has 3 aromatic rings. The highest BCUT2D eigenvalue weighted by Crippen LogP contribution is 2.27. The predicted molar refractivity (Wildman–Crippen MR) is 362 cm³/mol. The van der Waals surface area contributed by atoms with Gasteiger partial charge in [-0.25, -0.2) is 4.79 Å². The maximum Gasteiger partial charge on any atom is 0.326 e. The zero-order valence-electron chi connectivity index (χ0n) is 54.2. The van der Waals surface area contributed by atoms with E-state index in [1.165, 1.54) is 27.6 Å². The van der Waals surface area contributed by atoms with E-state index in [0.29, 0.717) is 66.9 Å². The average Bonchev–Trinajstić information content (AvgIpc) is 1.66. The van der Waals surface area contributed by atoms with Crippen molar-refractivity contribution in [2.24, 2.45) is 50.1 Å². The minimum absolute atomic E-state index is 0.0264. The monoisotopic (exact) mass is 1390 g/mol. The van der Waals surface area contributed by atoms with E-state index in [0.717, 1.165) is 4.90 Å². The summed E-state index contributed by atoms with van der Waals surface area (Å²) < 4.78 is 0. The number of hydrogen-bond donors (Lipinski definition) is 18. The maximum atomic E-state index is 14.7. The Hall–Kier alpha value is -8.87. The number of unbranched alkanes of at least 4 members (excludes halogenated alkanes) is 2. The first-order valence-electron chi connectivity index (χ1n) is 32.3. The predicted octanol–water partition coefficient (Wildman–Crippen LogP) is -4.93. The van der Waals surface area contributed by atoms with Crippen molar-refractivity contribution in [3.05, 3.63) is 80.7 Å². The number of aliphatic imine (C=N–C) groups is 2. The molecule has 2 aromatic heterocycles. The molecule has 25 N–H and O–H groups in total. The van der Waals surface area contributed by atoms with Crippen LogP contribution < -0.4 is 82.7 Å². The van der Waals surface area contributed by atoms with E-state index in [1.807, 2.05) is 0 Å². The van der Waals surface area contributed by atoms with E-state index >= 15 is 0 Å². The highest BCUT2D eigenvalue weighted by Gasteiger charge is 2.48. The zero-order valence-corrected chi connectivity index (χ0v) is 55.8. The van der Waals surface area contributed by atoms with Gasteiger partial charge in [0.25, 0.3) is 0 Å². The van der Waals surface area contributed by atoms with Crippen molar-refractivity contribution in [3.63, 3.8) is 0 Å². The molecule has 2 aliphatic heterocycles. The van der Waals surface area contributed by atoms with Gasteiger partial charge in [0.1, 0.15) is 54.4 Å². The molecule has 2 aliphatic rings. The van der Waals surface area contributed by atoms with Gasteiger partial charge < -0.3 is 108 Å². The molecule has 1 aromatic carbocycles. The zero-order chi connectivity index (χ0) is 71.0. The molecule has 97 heavy (non-hydrogen) atoms. The summed E-state index contributed by atoms with van der Waals surface area (Å²) >= 11 is 2.53. The fourth-order valence-corrected chi connectivity index (χ4v) is 12.5. The molecule has 33 nitrogen and oxygen atoms in total. The number of aliphatic hydroxyl groups excluding tert-OH is 2. The topological polar surface area (TPSA) is 558 Å². The normalized spacial score (nSPS) is 17.5. The number of aliphatic carboxylic acids is 1. The smallest absolute Gasteiger partial charge is 0.326 e. The van der Waals surface area contributed by atoms with E-state index in [1.54, 1.807) is 65.4 Å². The van der Waals surface area contributed by atoms with E-state index < -0.39 is 145 Å². The van der Waals surface area contributed by atoms with Gasteiger partial charge in [-0.15, -0.1) is 22.7 Å². The second-order valence-electron chi connectivity index (χ2n) is 23.6. The molecular formula is C62H95N19O14S2. The van der Waals surface area contributed by atoms with Crippen LogP contribution in [0.5, 0.6) is 0 Å². The Morgan fingerprint density at radius 1 is 0.546 bits per heavy atom. The van der Waals surface area contributed by atoms with Gasteiger partial charge in [0.05, 0.1) is 25.3 Å². The van der Waals surface area contributed by atoms with Crippen molar-refractivity contribution in [2.75, 3.05) is 52.4 Å². The van der Waals surface area contributed by atoms with E-state index in [-0.39, 0.29) is 102 Å². The fraction of sp³-hybridized carbons (Fsp3) is 0.565. The SMILES string of the molecule is NCCCC[C@H](NC(=O)[C@@H](N)CCCCN)C(=O)N[C@@H](CCCN=C(N)N)C(=O)N1CC[C@H](O)[C@H]1C(=O)N1CCC[C@H]1C(=O)NCC(=O)N[C@@H](Cc1cccs1)C(=O)N[C@@H](CO)C(=O)N[C@H](Cc1ccccc1)C(=O)N[C@@H](Cc1cccs1)C(=O)N[C@@H](CCCN=C(N)N)C(=O)O. The molecule has 11 atom stereocenters. The third-order valence-corrected chi connectivity index (χ3v) is 18.0. The third-order valence-electron chi connectivity index (χ3n) is 16.2. The van der Waals surface area contributed by atoms with Gasteiger partial charge in [-0.05, 0) is 119 Å².